The first-order valence-electron chi connectivity index (χ1n) is 5.82. The van der Waals surface area contributed by atoms with E-state index in [0.717, 1.165) is 5.69 Å². The molecule has 1 saturated carbocycles. The van der Waals surface area contributed by atoms with Gasteiger partial charge in [-0.25, -0.2) is 4.98 Å². The van der Waals surface area contributed by atoms with Gasteiger partial charge in [-0.1, -0.05) is 20.8 Å². The summed E-state index contributed by atoms with van der Waals surface area (Å²) in [5.74, 6) is 0.694. The molecule has 1 aromatic heterocycles. The van der Waals surface area contributed by atoms with Crippen molar-refractivity contribution in [3.05, 3.63) is 17.8 Å². The average Bonchev–Trinajstić information content (AvgIpc) is 3.00. The highest BCUT2D eigenvalue weighted by Crippen LogP contribution is 2.32. The number of ether oxygens (including phenoxy) is 1. The molecule has 88 valence electrons. The summed E-state index contributed by atoms with van der Waals surface area (Å²) in [5, 5.41) is 3.46. The molecule has 3 heteroatoms. The van der Waals surface area contributed by atoms with Crippen molar-refractivity contribution in [3.63, 3.8) is 0 Å². The molecule has 0 amide bonds. The maximum atomic E-state index is 5.27. The van der Waals surface area contributed by atoms with Crippen molar-refractivity contribution < 1.29 is 4.74 Å². The van der Waals surface area contributed by atoms with Gasteiger partial charge in [0.2, 0.25) is 5.88 Å². The fraction of sp³-hybridized carbons (Fsp3) is 0.615. The van der Waals surface area contributed by atoms with Crippen molar-refractivity contribution in [2.45, 2.75) is 45.1 Å². The fourth-order valence-electron chi connectivity index (χ4n) is 1.58. The van der Waals surface area contributed by atoms with Crippen molar-refractivity contribution in [2.24, 2.45) is 0 Å². The third-order valence-electron chi connectivity index (χ3n) is 2.85. The number of methoxy groups -OCH3 is 1. The van der Waals surface area contributed by atoms with Crippen molar-refractivity contribution in [2.75, 3.05) is 12.4 Å². The molecule has 1 aromatic rings. The van der Waals surface area contributed by atoms with E-state index in [1.807, 2.05) is 6.20 Å². The fourth-order valence-corrected chi connectivity index (χ4v) is 1.58. The van der Waals surface area contributed by atoms with E-state index in [0.29, 0.717) is 11.9 Å². The third-order valence-corrected chi connectivity index (χ3v) is 2.85. The Kier molecular flexibility index (Phi) is 2.78. The zero-order valence-corrected chi connectivity index (χ0v) is 10.5. The lowest BCUT2D eigenvalue weighted by atomic mass is 9.88. The minimum atomic E-state index is 0.124. The molecule has 0 aromatic carbocycles. The van der Waals surface area contributed by atoms with E-state index in [1.165, 1.54) is 18.4 Å². The van der Waals surface area contributed by atoms with Crippen LogP contribution in [0.1, 0.15) is 39.2 Å². The largest absolute Gasteiger partial charge is 0.480 e. The standard InChI is InChI=1S/C13H20N2O/c1-13(2,3)9-7-11(15-10-5-6-10)12(16-4)14-8-9/h7-8,10,15H,5-6H2,1-4H3. The summed E-state index contributed by atoms with van der Waals surface area (Å²) in [5.41, 5.74) is 2.38. The maximum absolute atomic E-state index is 5.27. The Morgan fingerprint density at radius 2 is 2.06 bits per heavy atom. The highest BCUT2D eigenvalue weighted by Gasteiger charge is 2.24. The highest BCUT2D eigenvalue weighted by molar-refractivity contribution is 5.56. The molecule has 1 aliphatic carbocycles. The van der Waals surface area contributed by atoms with Gasteiger partial charge in [0.1, 0.15) is 0 Å². The van der Waals surface area contributed by atoms with Crippen LogP contribution < -0.4 is 10.1 Å². The first-order valence-corrected chi connectivity index (χ1v) is 5.82. The monoisotopic (exact) mass is 220 g/mol. The smallest absolute Gasteiger partial charge is 0.237 e. The summed E-state index contributed by atoms with van der Waals surface area (Å²) in [6.45, 7) is 6.58. The molecule has 0 aliphatic heterocycles. The Morgan fingerprint density at radius 1 is 1.38 bits per heavy atom. The predicted molar refractivity (Wildman–Crippen MR) is 66.1 cm³/mol. The SMILES string of the molecule is COc1ncc(C(C)(C)C)cc1NC1CC1. The molecule has 0 bridgehead atoms. The summed E-state index contributed by atoms with van der Waals surface area (Å²) in [7, 11) is 1.66. The Hall–Kier alpha value is -1.25. The first kappa shape index (κ1) is 11.2. The van der Waals surface area contributed by atoms with Gasteiger partial charge in [0, 0.05) is 12.2 Å². The van der Waals surface area contributed by atoms with Gasteiger partial charge >= 0.3 is 0 Å². The van der Waals surface area contributed by atoms with Gasteiger partial charge in [0.15, 0.2) is 0 Å². The summed E-state index contributed by atoms with van der Waals surface area (Å²) in [4.78, 5) is 4.36. The molecular weight excluding hydrogens is 200 g/mol. The minimum Gasteiger partial charge on any atom is -0.480 e. The minimum absolute atomic E-state index is 0.124. The molecule has 1 fully saturated rings. The molecular formula is C13H20N2O. The molecule has 0 unspecified atom stereocenters. The van der Waals surface area contributed by atoms with E-state index in [-0.39, 0.29) is 5.41 Å². The van der Waals surface area contributed by atoms with Gasteiger partial charge in [-0.2, -0.15) is 0 Å². The van der Waals surface area contributed by atoms with Crippen LogP contribution in [0.15, 0.2) is 12.3 Å². The Morgan fingerprint density at radius 3 is 2.56 bits per heavy atom. The molecule has 1 N–H and O–H groups in total. The predicted octanol–water partition coefficient (Wildman–Crippen LogP) is 2.96. The average molecular weight is 220 g/mol. The van der Waals surface area contributed by atoms with Crippen molar-refractivity contribution >= 4 is 5.69 Å². The number of aromatic nitrogens is 1. The van der Waals surface area contributed by atoms with E-state index in [4.69, 9.17) is 4.74 Å². The number of hydrogen-bond acceptors (Lipinski definition) is 3. The topological polar surface area (TPSA) is 34.1 Å². The number of rotatable bonds is 3. The van der Waals surface area contributed by atoms with Gasteiger partial charge in [0.05, 0.1) is 12.8 Å². The van der Waals surface area contributed by atoms with E-state index in [1.54, 1.807) is 7.11 Å². The lowest BCUT2D eigenvalue weighted by Crippen LogP contribution is -2.13. The van der Waals surface area contributed by atoms with Crippen molar-refractivity contribution in [1.29, 1.82) is 0 Å². The summed E-state index contributed by atoms with van der Waals surface area (Å²) in [6.07, 6.45) is 4.41. The molecule has 2 rings (SSSR count). The zero-order chi connectivity index (χ0) is 11.8. The molecule has 0 spiro atoms. The number of nitrogens with one attached hydrogen (secondary N) is 1. The van der Waals surface area contributed by atoms with Crippen LogP contribution >= 0.6 is 0 Å². The lowest BCUT2D eigenvalue weighted by Gasteiger charge is -2.20. The van der Waals surface area contributed by atoms with Crippen LogP contribution in [0.25, 0.3) is 0 Å². The Bertz CT molecular complexity index is 378. The van der Waals surface area contributed by atoms with Crippen LogP contribution in [0.3, 0.4) is 0 Å². The van der Waals surface area contributed by atoms with Gasteiger partial charge in [0.25, 0.3) is 0 Å². The second-order valence-electron chi connectivity index (χ2n) is 5.45. The lowest BCUT2D eigenvalue weighted by molar-refractivity contribution is 0.398. The second kappa shape index (κ2) is 3.96. The van der Waals surface area contributed by atoms with E-state index in [2.05, 4.69) is 37.1 Å². The van der Waals surface area contributed by atoms with Gasteiger partial charge in [-0.3, -0.25) is 0 Å². The Labute approximate surface area is 97.2 Å². The van der Waals surface area contributed by atoms with Gasteiger partial charge in [-0.15, -0.1) is 0 Å². The van der Waals surface area contributed by atoms with E-state index in [9.17, 15) is 0 Å². The molecule has 0 saturated heterocycles. The maximum Gasteiger partial charge on any atom is 0.237 e. The van der Waals surface area contributed by atoms with Crippen LogP contribution in [-0.4, -0.2) is 18.1 Å². The summed E-state index contributed by atoms with van der Waals surface area (Å²) < 4.78 is 5.27. The molecule has 1 heterocycles. The molecule has 1 aliphatic rings. The van der Waals surface area contributed by atoms with Crippen molar-refractivity contribution in [3.8, 4) is 5.88 Å². The van der Waals surface area contributed by atoms with Crippen LogP contribution in [0, 0.1) is 0 Å². The molecule has 0 atom stereocenters. The zero-order valence-electron chi connectivity index (χ0n) is 10.5. The Balaban J connectivity index is 2.29. The summed E-state index contributed by atoms with van der Waals surface area (Å²) in [6, 6.07) is 2.77. The van der Waals surface area contributed by atoms with E-state index < -0.39 is 0 Å². The third kappa shape index (κ3) is 2.46. The van der Waals surface area contributed by atoms with Crippen LogP contribution in [-0.2, 0) is 5.41 Å². The van der Waals surface area contributed by atoms with E-state index >= 15 is 0 Å². The van der Waals surface area contributed by atoms with Crippen LogP contribution in [0.5, 0.6) is 5.88 Å². The number of anilines is 1. The van der Waals surface area contributed by atoms with Crippen LogP contribution in [0.2, 0.25) is 0 Å². The summed E-state index contributed by atoms with van der Waals surface area (Å²) >= 11 is 0. The quantitative estimate of drug-likeness (QED) is 0.850. The second-order valence-corrected chi connectivity index (χ2v) is 5.45. The number of pyridine rings is 1. The van der Waals surface area contributed by atoms with Crippen LogP contribution in [0.4, 0.5) is 5.69 Å². The number of nitrogens with zero attached hydrogens (tertiary/aromatic N) is 1. The van der Waals surface area contributed by atoms with Gasteiger partial charge in [-0.05, 0) is 29.9 Å². The first-order chi connectivity index (χ1) is 7.50. The normalized spacial score (nSPS) is 16.0. The molecule has 3 nitrogen and oxygen atoms in total. The highest BCUT2D eigenvalue weighted by atomic mass is 16.5. The van der Waals surface area contributed by atoms with Gasteiger partial charge < -0.3 is 10.1 Å². The molecule has 16 heavy (non-hydrogen) atoms. The molecule has 0 radical (unpaired) electrons. The van der Waals surface area contributed by atoms with Crippen molar-refractivity contribution in [1.82, 2.24) is 4.98 Å². The number of hydrogen-bond donors (Lipinski definition) is 1.